The van der Waals surface area contributed by atoms with Gasteiger partial charge in [0.1, 0.15) is 0 Å². The standard InChI is InChI=1S/C15H23N3O2/c1-20-15-8-5-12(11-18-15)10-17-14(19)7-6-13-4-2-3-9-16-13/h5,8,11,13,16H,2-4,6-7,9-10H2,1H3,(H,17,19). The molecule has 2 rings (SSSR count). The van der Waals surface area contributed by atoms with E-state index in [1.165, 1.54) is 19.3 Å². The van der Waals surface area contributed by atoms with E-state index in [0.717, 1.165) is 18.5 Å². The summed E-state index contributed by atoms with van der Waals surface area (Å²) in [6.07, 6.45) is 6.95. The lowest BCUT2D eigenvalue weighted by Crippen LogP contribution is -2.35. The molecule has 0 saturated carbocycles. The van der Waals surface area contributed by atoms with Crippen LogP contribution >= 0.6 is 0 Å². The molecule has 1 fully saturated rings. The monoisotopic (exact) mass is 277 g/mol. The van der Waals surface area contributed by atoms with Gasteiger partial charge < -0.3 is 15.4 Å². The normalized spacial score (nSPS) is 18.6. The molecule has 1 aromatic heterocycles. The molecule has 110 valence electrons. The van der Waals surface area contributed by atoms with Crippen molar-refractivity contribution in [2.75, 3.05) is 13.7 Å². The number of amides is 1. The number of pyridine rings is 1. The Morgan fingerprint density at radius 1 is 1.50 bits per heavy atom. The summed E-state index contributed by atoms with van der Waals surface area (Å²) in [4.78, 5) is 15.9. The zero-order valence-electron chi connectivity index (χ0n) is 12.0. The first-order chi connectivity index (χ1) is 9.78. The third-order valence-electron chi connectivity index (χ3n) is 3.63. The van der Waals surface area contributed by atoms with Gasteiger partial charge in [-0.25, -0.2) is 4.98 Å². The highest BCUT2D eigenvalue weighted by molar-refractivity contribution is 5.75. The molecule has 2 N–H and O–H groups in total. The number of nitrogens with one attached hydrogen (secondary N) is 2. The highest BCUT2D eigenvalue weighted by atomic mass is 16.5. The molecular weight excluding hydrogens is 254 g/mol. The van der Waals surface area contributed by atoms with Gasteiger partial charge in [-0.1, -0.05) is 12.5 Å². The first-order valence-electron chi connectivity index (χ1n) is 7.27. The number of aromatic nitrogens is 1. The molecular formula is C15H23N3O2. The Labute approximate surface area is 120 Å². The molecule has 0 bridgehead atoms. The quantitative estimate of drug-likeness (QED) is 0.829. The maximum absolute atomic E-state index is 11.8. The van der Waals surface area contributed by atoms with Gasteiger partial charge in [-0.3, -0.25) is 4.79 Å². The fraction of sp³-hybridized carbons (Fsp3) is 0.600. The van der Waals surface area contributed by atoms with Crippen LogP contribution < -0.4 is 15.4 Å². The highest BCUT2D eigenvalue weighted by Gasteiger charge is 2.13. The molecule has 2 heterocycles. The lowest BCUT2D eigenvalue weighted by Gasteiger charge is -2.23. The average Bonchev–Trinajstić information content (AvgIpc) is 2.52. The number of nitrogens with zero attached hydrogens (tertiary/aromatic N) is 1. The molecule has 20 heavy (non-hydrogen) atoms. The lowest BCUT2D eigenvalue weighted by molar-refractivity contribution is -0.121. The smallest absolute Gasteiger partial charge is 0.220 e. The van der Waals surface area contributed by atoms with Crippen molar-refractivity contribution in [2.45, 2.75) is 44.7 Å². The molecule has 5 nitrogen and oxygen atoms in total. The Hall–Kier alpha value is -1.62. The van der Waals surface area contributed by atoms with Gasteiger partial charge in [0.25, 0.3) is 0 Å². The van der Waals surface area contributed by atoms with Crippen molar-refractivity contribution in [1.29, 1.82) is 0 Å². The highest BCUT2D eigenvalue weighted by Crippen LogP contribution is 2.11. The summed E-state index contributed by atoms with van der Waals surface area (Å²) in [6.45, 7) is 1.61. The second-order valence-electron chi connectivity index (χ2n) is 5.17. The minimum absolute atomic E-state index is 0.105. The molecule has 1 unspecified atom stereocenters. The molecule has 1 aliphatic rings. The van der Waals surface area contributed by atoms with Crippen LogP contribution in [-0.2, 0) is 11.3 Å². The summed E-state index contributed by atoms with van der Waals surface area (Å²) in [5, 5.41) is 6.39. The number of carbonyl (C=O) groups excluding carboxylic acids is 1. The Morgan fingerprint density at radius 2 is 2.40 bits per heavy atom. The van der Waals surface area contributed by atoms with Crippen LogP contribution in [-0.4, -0.2) is 30.6 Å². The third-order valence-corrected chi connectivity index (χ3v) is 3.63. The molecule has 0 spiro atoms. The van der Waals surface area contributed by atoms with E-state index in [1.54, 1.807) is 19.4 Å². The lowest BCUT2D eigenvalue weighted by atomic mass is 10.0. The van der Waals surface area contributed by atoms with Gasteiger partial charge in [0.15, 0.2) is 0 Å². The first kappa shape index (κ1) is 14.8. The number of hydrogen-bond acceptors (Lipinski definition) is 4. The van der Waals surface area contributed by atoms with E-state index in [9.17, 15) is 4.79 Å². The Bertz CT molecular complexity index is 414. The Balaban J connectivity index is 1.66. The maximum atomic E-state index is 11.8. The van der Waals surface area contributed by atoms with Crippen LogP contribution in [0.4, 0.5) is 0 Å². The minimum atomic E-state index is 0.105. The van der Waals surface area contributed by atoms with Crippen LogP contribution in [0, 0.1) is 0 Å². The van der Waals surface area contributed by atoms with Crippen molar-refractivity contribution in [3.05, 3.63) is 23.9 Å². The average molecular weight is 277 g/mol. The van der Waals surface area contributed by atoms with E-state index in [2.05, 4.69) is 15.6 Å². The molecule has 1 amide bonds. The van der Waals surface area contributed by atoms with Crippen LogP contribution in [0.2, 0.25) is 0 Å². The summed E-state index contributed by atoms with van der Waals surface area (Å²) in [5.74, 6) is 0.691. The Morgan fingerprint density at radius 3 is 3.05 bits per heavy atom. The van der Waals surface area contributed by atoms with Crippen molar-refractivity contribution >= 4 is 5.91 Å². The third kappa shape index (κ3) is 4.81. The zero-order chi connectivity index (χ0) is 14.2. The van der Waals surface area contributed by atoms with E-state index in [-0.39, 0.29) is 5.91 Å². The van der Waals surface area contributed by atoms with E-state index >= 15 is 0 Å². The molecule has 1 aromatic rings. The number of ether oxygens (including phenoxy) is 1. The fourth-order valence-corrected chi connectivity index (χ4v) is 2.40. The van der Waals surface area contributed by atoms with Gasteiger partial charge in [0.05, 0.1) is 7.11 Å². The van der Waals surface area contributed by atoms with Crippen LogP contribution in [0.3, 0.4) is 0 Å². The van der Waals surface area contributed by atoms with Crippen LogP contribution in [0.25, 0.3) is 0 Å². The van der Waals surface area contributed by atoms with Crippen LogP contribution in [0.1, 0.15) is 37.7 Å². The molecule has 0 radical (unpaired) electrons. The SMILES string of the molecule is COc1ccc(CNC(=O)CCC2CCCCN2)cn1. The largest absolute Gasteiger partial charge is 0.481 e. The zero-order valence-corrected chi connectivity index (χ0v) is 12.0. The summed E-state index contributed by atoms with van der Waals surface area (Å²) in [6, 6.07) is 4.22. The van der Waals surface area contributed by atoms with Crippen molar-refractivity contribution in [3.8, 4) is 5.88 Å². The number of methoxy groups -OCH3 is 1. The van der Waals surface area contributed by atoms with Gasteiger partial charge in [-0.15, -0.1) is 0 Å². The van der Waals surface area contributed by atoms with Crippen molar-refractivity contribution < 1.29 is 9.53 Å². The molecule has 1 aliphatic heterocycles. The molecule has 1 atom stereocenters. The number of hydrogen-bond donors (Lipinski definition) is 2. The molecule has 5 heteroatoms. The minimum Gasteiger partial charge on any atom is -0.481 e. The van der Waals surface area contributed by atoms with Gasteiger partial charge in [0, 0.05) is 31.3 Å². The van der Waals surface area contributed by atoms with Crippen LogP contribution in [0.15, 0.2) is 18.3 Å². The topological polar surface area (TPSA) is 63.2 Å². The van der Waals surface area contributed by atoms with Gasteiger partial charge in [0.2, 0.25) is 11.8 Å². The van der Waals surface area contributed by atoms with Gasteiger partial charge in [-0.05, 0) is 31.4 Å². The summed E-state index contributed by atoms with van der Waals surface area (Å²) in [7, 11) is 1.59. The fourth-order valence-electron chi connectivity index (χ4n) is 2.40. The predicted octanol–water partition coefficient (Wildman–Crippen LogP) is 1.63. The van der Waals surface area contributed by atoms with E-state index < -0.39 is 0 Å². The second kappa shape index (κ2) is 7.85. The van der Waals surface area contributed by atoms with Crippen molar-refractivity contribution in [1.82, 2.24) is 15.6 Å². The van der Waals surface area contributed by atoms with E-state index in [0.29, 0.717) is 24.9 Å². The number of carbonyl (C=O) groups is 1. The van der Waals surface area contributed by atoms with Gasteiger partial charge in [-0.2, -0.15) is 0 Å². The van der Waals surface area contributed by atoms with Crippen molar-refractivity contribution in [2.24, 2.45) is 0 Å². The summed E-state index contributed by atoms with van der Waals surface area (Å²) in [5.41, 5.74) is 0.981. The van der Waals surface area contributed by atoms with Gasteiger partial charge >= 0.3 is 0 Å². The summed E-state index contributed by atoms with van der Waals surface area (Å²) < 4.78 is 5.00. The molecule has 1 saturated heterocycles. The Kier molecular flexibility index (Phi) is 5.80. The van der Waals surface area contributed by atoms with E-state index in [4.69, 9.17) is 4.74 Å². The number of rotatable bonds is 6. The first-order valence-corrected chi connectivity index (χ1v) is 7.27. The van der Waals surface area contributed by atoms with Crippen molar-refractivity contribution in [3.63, 3.8) is 0 Å². The number of piperidine rings is 1. The second-order valence-corrected chi connectivity index (χ2v) is 5.17. The molecule has 0 aliphatic carbocycles. The maximum Gasteiger partial charge on any atom is 0.220 e. The van der Waals surface area contributed by atoms with Crippen LogP contribution in [0.5, 0.6) is 5.88 Å². The summed E-state index contributed by atoms with van der Waals surface area (Å²) >= 11 is 0. The predicted molar refractivity (Wildman–Crippen MR) is 77.5 cm³/mol. The van der Waals surface area contributed by atoms with E-state index in [1.807, 2.05) is 6.07 Å². The molecule has 0 aromatic carbocycles.